The molecule has 0 aromatic heterocycles. The van der Waals surface area contributed by atoms with E-state index in [2.05, 4.69) is 15.5 Å². The van der Waals surface area contributed by atoms with Crippen molar-refractivity contribution < 1.29 is 9.59 Å². The number of fused-ring (bicyclic) bond motifs is 1. The number of nitrogens with one attached hydrogen (secondary N) is 2. The van der Waals surface area contributed by atoms with Crippen LogP contribution in [-0.2, 0) is 9.59 Å². The Kier molecular flexibility index (Phi) is 3.90. The average molecular weight is 288 g/mol. The highest BCUT2D eigenvalue weighted by Crippen LogP contribution is 2.31. The highest BCUT2D eigenvalue weighted by Gasteiger charge is 2.32. The van der Waals surface area contributed by atoms with E-state index in [1.165, 1.54) is 0 Å². The molecule has 112 valence electrons. The number of carbonyl (C=O) groups excluding carboxylic acids is 2. The lowest BCUT2D eigenvalue weighted by Gasteiger charge is -2.32. The van der Waals surface area contributed by atoms with Crippen LogP contribution in [-0.4, -0.2) is 42.4 Å². The Labute approximate surface area is 123 Å². The van der Waals surface area contributed by atoms with Gasteiger partial charge in [-0.2, -0.15) is 0 Å². The van der Waals surface area contributed by atoms with Gasteiger partial charge in [0.25, 0.3) is 0 Å². The van der Waals surface area contributed by atoms with Gasteiger partial charge in [0.1, 0.15) is 6.04 Å². The zero-order valence-corrected chi connectivity index (χ0v) is 11.8. The summed E-state index contributed by atoms with van der Waals surface area (Å²) in [5.41, 5.74) is 7.12. The minimum absolute atomic E-state index is 0.00997. The van der Waals surface area contributed by atoms with Crippen LogP contribution in [0, 0.1) is 0 Å². The molecule has 0 bridgehead atoms. The summed E-state index contributed by atoms with van der Waals surface area (Å²) in [6.45, 7) is 1.98. The van der Waals surface area contributed by atoms with Crippen LogP contribution in [0.1, 0.15) is 24.4 Å². The normalized spacial score (nSPS) is 22.9. The summed E-state index contributed by atoms with van der Waals surface area (Å²) < 4.78 is 0. The SMILES string of the molecule is NC(=O)CN1CCC(NC2C(=O)Nc3ccccc32)CC1. The van der Waals surface area contributed by atoms with Gasteiger partial charge in [0.15, 0.2) is 0 Å². The smallest absolute Gasteiger partial charge is 0.246 e. The molecule has 1 fully saturated rings. The molecule has 2 heterocycles. The summed E-state index contributed by atoms with van der Waals surface area (Å²) in [5, 5.41) is 6.34. The topological polar surface area (TPSA) is 87.5 Å². The van der Waals surface area contributed by atoms with Gasteiger partial charge in [-0.3, -0.25) is 19.8 Å². The molecule has 0 aliphatic carbocycles. The Morgan fingerprint density at radius 2 is 2.05 bits per heavy atom. The number of nitrogens with two attached hydrogens (primary N) is 1. The first-order chi connectivity index (χ1) is 10.1. The van der Waals surface area contributed by atoms with Gasteiger partial charge in [-0.15, -0.1) is 0 Å². The van der Waals surface area contributed by atoms with Gasteiger partial charge < -0.3 is 11.1 Å². The number of amides is 2. The standard InChI is InChI=1S/C15H20N4O2/c16-13(20)9-19-7-5-10(6-8-19)17-14-11-3-1-2-4-12(11)18-15(14)21/h1-4,10,14,17H,5-9H2,(H2,16,20)(H,18,21). The number of hydrogen-bond donors (Lipinski definition) is 3. The second kappa shape index (κ2) is 5.83. The second-order valence-electron chi connectivity index (χ2n) is 5.69. The zero-order valence-electron chi connectivity index (χ0n) is 11.8. The maximum Gasteiger partial charge on any atom is 0.246 e. The minimum Gasteiger partial charge on any atom is -0.369 e. The molecule has 0 saturated carbocycles. The third kappa shape index (κ3) is 3.06. The van der Waals surface area contributed by atoms with E-state index in [1.807, 2.05) is 24.3 Å². The average Bonchev–Trinajstić information content (AvgIpc) is 2.77. The van der Waals surface area contributed by atoms with E-state index in [4.69, 9.17) is 5.73 Å². The number of likely N-dealkylation sites (tertiary alicyclic amines) is 1. The molecule has 0 radical (unpaired) electrons. The van der Waals surface area contributed by atoms with Crippen LogP contribution < -0.4 is 16.4 Å². The summed E-state index contributed by atoms with van der Waals surface area (Å²) in [4.78, 5) is 25.0. The molecule has 1 saturated heterocycles. The van der Waals surface area contributed by atoms with Crippen LogP contribution in [0.4, 0.5) is 5.69 Å². The molecule has 4 N–H and O–H groups in total. The van der Waals surface area contributed by atoms with Crippen molar-refractivity contribution in [3.8, 4) is 0 Å². The summed E-state index contributed by atoms with van der Waals surface area (Å²) in [5.74, 6) is -0.277. The highest BCUT2D eigenvalue weighted by molar-refractivity contribution is 6.02. The molecule has 2 aliphatic heterocycles. The van der Waals surface area contributed by atoms with Crippen molar-refractivity contribution >= 4 is 17.5 Å². The summed E-state index contributed by atoms with van der Waals surface area (Å²) in [6.07, 6.45) is 1.83. The molecule has 6 nitrogen and oxygen atoms in total. The third-order valence-corrected chi connectivity index (χ3v) is 4.16. The van der Waals surface area contributed by atoms with Crippen LogP contribution >= 0.6 is 0 Å². The van der Waals surface area contributed by atoms with Gasteiger partial charge in [0.05, 0.1) is 6.54 Å². The number of carbonyl (C=O) groups is 2. The Hall–Kier alpha value is -1.92. The first-order valence-corrected chi connectivity index (χ1v) is 7.30. The molecule has 0 spiro atoms. The van der Waals surface area contributed by atoms with E-state index < -0.39 is 0 Å². The number of para-hydroxylation sites is 1. The number of nitrogens with zero attached hydrogens (tertiary/aromatic N) is 1. The van der Waals surface area contributed by atoms with Crippen molar-refractivity contribution in [2.45, 2.75) is 24.9 Å². The molecule has 3 rings (SSSR count). The van der Waals surface area contributed by atoms with E-state index in [1.54, 1.807) is 0 Å². The van der Waals surface area contributed by atoms with Gasteiger partial charge in [0.2, 0.25) is 11.8 Å². The van der Waals surface area contributed by atoms with E-state index >= 15 is 0 Å². The van der Waals surface area contributed by atoms with Gasteiger partial charge in [0, 0.05) is 30.4 Å². The van der Waals surface area contributed by atoms with Gasteiger partial charge >= 0.3 is 0 Å². The van der Waals surface area contributed by atoms with Crippen molar-refractivity contribution in [3.63, 3.8) is 0 Å². The summed E-state index contributed by atoms with van der Waals surface area (Å²) >= 11 is 0. The first-order valence-electron chi connectivity index (χ1n) is 7.30. The van der Waals surface area contributed by atoms with Crippen LogP contribution in [0.25, 0.3) is 0 Å². The number of anilines is 1. The molecule has 2 aliphatic rings. The van der Waals surface area contributed by atoms with Crippen LogP contribution in [0.2, 0.25) is 0 Å². The Balaban J connectivity index is 1.59. The fraction of sp³-hybridized carbons (Fsp3) is 0.467. The quantitative estimate of drug-likeness (QED) is 0.739. The molecular formula is C15H20N4O2. The summed E-state index contributed by atoms with van der Waals surface area (Å²) in [6, 6.07) is 7.79. The van der Waals surface area contributed by atoms with Gasteiger partial charge in [-0.05, 0) is 18.9 Å². The molecule has 1 aromatic rings. The van der Waals surface area contributed by atoms with E-state index in [0.29, 0.717) is 6.54 Å². The van der Waals surface area contributed by atoms with Crippen molar-refractivity contribution in [3.05, 3.63) is 29.8 Å². The van der Waals surface area contributed by atoms with E-state index in [0.717, 1.165) is 37.2 Å². The van der Waals surface area contributed by atoms with Crippen molar-refractivity contribution in [2.75, 3.05) is 25.0 Å². The molecule has 6 heteroatoms. The highest BCUT2D eigenvalue weighted by atomic mass is 16.2. The van der Waals surface area contributed by atoms with Gasteiger partial charge in [-0.1, -0.05) is 18.2 Å². The Morgan fingerprint density at radius 3 is 2.76 bits per heavy atom. The van der Waals surface area contributed by atoms with Crippen LogP contribution in [0.3, 0.4) is 0 Å². The van der Waals surface area contributed by atoms with Crippen molar-refractivity contribution in [2.24, 2.45) is 5.73 Å². The predicted octanol–water partition coefficient (Wildman–Crippen LogP) is 0.219. The van der Waals surface area contributed by atoms with Crippen LogP contribution in [0.15, 0.2) is 24.3 Å². The third-order valence-electron chi connectivity index (χ3n) is 4.16. The second-order valence-corrected chi connectivity index (χ2v) is 5.69. The number of rotatable bonds is 4. The molecule has 21 heavy (non-hydrogen) atoms. The first kappa shape index (κ1) is 14.0. The number of benzene rings is 1. The minimum atomic E-state index is -0.287. The van der Waals surface area contributed by atoms with E-state index in [-0.39, 0.29) is 23.9 Å². The Morgan fingerprint density at radius 1 is 1.33 bits per heavy atom. The predicted molar refractivity (Wildman–Crippen MR) is 79.6 cm³/mol. The lowest BCUT2D eigenvalue weighted by molar-refractivity contribution is -0.119. The molecule has 1 aromatic carbocycles. The maximum absolute atomic E-state index is 12.1. The molecular weight excluding hydrogens is 268 g/mol. The van der Waals surface area contributed by atoms with Crippen molar-refractivity contribution in [1.82, 2.24) is 10.2 Å². The zero-order chi connectivity index (χ0) is 14.8. The largest absolute Gasteiger partial charge is 0.369 e. The van der Waals surface area contributed by atoms with Crippen LogP contribution in [0.5, 0.6) is 0 Å². The number of primary amides is 1. The van der Waals surface area contributed by atoms with E-state index in [9.17, 15) is 9.59 Å². The maximum atomic E-state index is 12.1. The summed E-state index contributed by atoms with van der Waals surface area (Å²) in [7, 11) is 0. The molecule has 1 unspecified atom stereocenters. The van der Waals surface area contributed by atoms with Crippen molar-refractivity contribution in [1.29, 1.82) is 0 Å². The molecule has 1 atom stereocenters. The molecule has 2 amide bonds. The fourth-order valence-electron chi connectivity index (χ4n) is 3.09. The lowest BCUT2D eigenvalue weighted by Crippen LogP contribution is -2.46. The number of hydrogen-bond acceptors (Lipinski definition) is 4. The lowest BCUT2D eigenvalue weighted by atomic mass is 10.0. The Bertz CT molecular complexity index is 552. The number of piperidine rings is 1. The monoisotopic (exact) mass is 288 g/mol. The fourth-order valence-corrected chi connectivity index (χ4v) is 3.09. The van der Waals surface area contributed by atoms with Gasteiger partial charge in [-0.25, -0.2) is 0 Å².